The molecule has 3 aliphatic carbocycles. The van der Waals surface area contributed by atoms with Gasteiger partial charge < -0.3 is 18.9 Å². The molecule has 1 aliphatic heterocycles. The van der Waals surface area contributed by atoms with E-state index in [1.807, 2.05) is 6.08 Å². The lowest BCUT2D eigenvalue weighted by Crippen LogP contribution is -2.61. The Hall–Kier alpha value is -1.24. The van der Waals surface area contributed by atoms with Gasteiger partial charge in [-0.25, -0.2) is 4.79 Å². The first kappa shape index (κ1) is 20.0. The molecule has 1 saturated heterocycles. The Morgan fingerprint density at radius 1 is 1.21 bits per heavy atom. The van der Waals surface area contributed by atoms with E-state index in [2.05, 4.69) is 13.8 Å². The van der Waals surface area contributed by atoms with Crippen LogP contribution in [-0.4, -0.2) is 51.6 Å². The van der Waals surface area contributed by atoms with Crippen LogP contribution in [0.3, 0.4) is 0 Å². The van der Waals surface area contributed by atoms with Gasteiger partial charge in [-0.2, -0.15) is 0 Å². The van der Waals surface area contributed by atoms with E-state index in [1.54, 1.807) is 7.11 Å². The van der Waals surface area contributed by atoms with Crippen LogP contribution in [0.25, 0.3) is 0 Å². The quantitative estimate of drug-likeness (QED) is 0.543. The molecule has 5 atom stereocenters. The molecular formula is C22H32O6. The van der Waals surface area contributed by atoms with E-state index in [-0.39, 0.29) is 34.0 Å². The van der Waals surface area contributed by atoms with Crippen LogP contribution < -0.4 is 0 Å². The summed E-state index contributed by atoms with van der Waals surface area (Å²) >= 11 is 0. The summed E-state index contributed by atoms with van der Waals surface area (Å²) in [5, 5.41) is 0. The van der Waals surface area contributed by atoms with E-state index >= 15 is 0 Å². The van der Waals surface area contributed by atoms with Crippen molar-refractivity contribution in [2.75, 3.05) is 34.0 Å². The fourth-order valence-corrected chi connectivity index (χ4v) is 6.92. The second-order valence-corrected chi connectivity index (χ2v) is 9.34. The predicted octanol–water partition coefficient (Wildman–Crippen LogP) is 2.90. The Morgan fingerprint density at radius 2 is 1.93 bits per heavy atom. The third-order valence-electron chi connectivity index (χ3n) is 8.28. The molecule has 2 saturated carbocycles. The summed E-state index contributed by atoms with van der Waals surface area (Å²) in [5.41, 5.74) is -0.135. The molecule has 3 fully saturated rings. The van der Waals surface area contributed by atoms with Crippen LogP contribution in [0.15, 0.2) is 11.6 Å². The minimum Gasteiger partial charge on any atom is -0.465 e. The molecule has 0 radical (unpaired) electrons. The van der Waals surface area contributed by atoms with Crippen LogP contribution in [0.5, 0.6) is 0 Å². The van der Waals surface area contributed by atoms with E-state index in [0.29, 0.717) is 32.2 Å². The molecule has 0 aromatic heterocycles. The van der Waals surface area contributed by atoms with Gasteiger partial charge in [0, 0.05) is 31.3 Å². The summed E-state index contributed by atoms with van der Waals surface area (Å²) in [5.74, 6) is -0.273. The van der Waals surface area contributed by atoms with Crippen molar-refractivity contribution in [3.63, 3.8) is 0 Å². The molecule has 2 unspecified atom stereocenters. The van der Waals surface area contributed by atoms with Gasteiger partial charge >= 0.3 is 5.97 Å². The fraction of sp³-hybridized carbons (Fsp3) is 0.818. The van der Waals surface area contributed by atoms with Gasteiger partial charge in [-0.05, 0) is 36.5 Å². The molecular weight excluding hydrogens is 360 g/mol. The normalized spacial score (nSPS) is 41.9. The first-order chi connectivity index (χ1) is 13.3. The fourth-order valence-electron chi connectivity index (χ4n) is 6.92. The average molecular weight is 392 g/mol. The Labute approximate surface area is 166 Å². The summed E-state index contributed by atoms with van der Waals surface area (Å²) in [6.07, 6.45) is 5.96. The molecule has 1 spiro atoms. The topological polar surface area (TPSA) is 71.1 Å². The largest absolute Gasteiger partial charge is 0.465 e. The molecule has 0 N–H and O–H groups in total. The second-order valence-electron chi connectivity index (χ2n) is 9.34. The van der Waals surface area contributed by atoms with Crippen LogP contribution in [0.4, 0.5) is 0 Å². The number of carbonyl (C=O) groups is 2. The minimum atomic E-state index is -0.532. The van der Waals surface area contributed by atoms with E-state index in [0.717, 1.165) is 25.7 Å². The third-order valence-corrected chi connectivity index (χ3v) is 8.28. The van der Waals surface area contributed by atoms with Crippen LogP contribution in [0.1, 0.15) is 46.0 Å². The number of ether oxygens (including phenoxy) is 4. The molecule has 0 bridgehead atoms. The van der Waals surface area contributed by atoms with Gasteiger partial charge in [-0.1, -0.05) is 19.9 Å². The summed E-state index contributed by atoms with van der Waals surface area (Å²) in [6.45, 7) is 6.41. The maximum Gasteiger partial charge on any atom is 0.341 e. The van der Waals surface area contributed by atoms with Crippen molar-refractivity contribution in [2.45, 2.75) is 51.7 Å². The Balaban J connectivity index is 1.73. The highest BCUT2D eigenvalue weighted by molar-refractivity contribution is 6.18. The lowest BCUT2D eigenvalue weighted by Gasteiger charge is -2.63. The van der Waals surface area contributed by atoms with E-state index in [1.165, 1.54) is 7.11 Å². The number of esters is 1. The number of methoxy groups -OCH3 is 2. The monoisotopic (exact) mass is 392 g/mol. The molecule has 4 aliphatic rings. The first-order valence-electron chi connectivity index (χ1n) is 10.4. The molecule has 28 heavy (non-hydrogen) atoms. The maximum atomic E-state index is 12.9. The molecule has 0 amide bonds. The smallest absolute Gasteiger partial charge is 0.341 e. The van der Waals surface area contributed by atoms with Gasteiger partial charge in [0.05, 0.1) is 32.5 Å². The minimum absolute atomic E-state index is 0.0232. The highest BCUT2D eigenvalue weighted by Gasteiger charge is 2.64. The van der Waals surface area contributed by atoms with Crippen molar-refractivity contribution in [3.05, 3.63) is 11.6 Å². The molecule has 0 aromatic carbocycles. The standard InChI is InChI=1S/C22H32O6/c1-14-16-5-6-21(13-25-3)12-15(19(24)26-4)17(23)11-18(21)20(16,2)7-8-22(14)27-9-10-28-22/h12,14,16,18H,5-11,13H2,1-4H3/t14-,16?,18?,20-,21-/m0/s1. The lowest BCUT2D eigenvalue weighted by atomic mass is 9.43. The number of carbonyl (C=O) groups excluding carboxylic acids is 2. The number of fused-ring (bicyclic) bond motifs is 3. The SMILES string of the molecule is COC[C@]12C=C(C(=O)OC)C(=O)CC1[C@@]1(C)CCC3(OCCO3)[C@@H](C)C1CC2. The van der Waals surface area contributed by atoms with Crippen molar-refractivity contribution < 1.29 is 28.5 Å². The molecule has 156 valence electrons. The number of Topliss-reactive ketones (excluding diaryl/α,β-unsaturated/α-hetero) is 1. The van der Waals surface area contributed by atoms with E-state index in [4.69, 9.17) is 18.9 Å². The van der Waals surface area contributed by atoms with Gasteiger partial charge in [0.2, 0.25) is 0 Å². The zero-order valence-corrected chi connectivity index (χ0v) is 17.4. The van der Waals surface area contributed by atoms with Crippen molar-refractivity contribution >= 4 is 11.8 Å². The molecule has 6 heteroatoms. The predicted molar refractivity (Wildman–Crippen MR) is 101 cm³/mol. The molecule has 0 aromatic rings. The molecule has 6 nitrogen and oxygen atoms in total. The number of rotatable bonds is 3. The van der Waals surface area contributed by atoms with Crippen molar-refractivity contribution in [2.24, 2.45) is 28.6 Å². The Bertz CT molecular complexity index is 693. The van der Waals surface area contributed by atoms with Gasteiger partial charge in [-0.3, -0.25) is 4.79 Å². The van der Waals surface area contributed by atoms with Crippen molar-refractivity contribution in [1.29, 1.82) is 0 Å². The average Bonchev–Trinajstić information content (AvgIpc) is 3.16. The highest BCUT2D eigenvalue weighted by Crippen LogP contribution is 2.66. The summed E-state index contributed by atoms with van der Waals surface area (Å²) in [6, 6.07) is 0. The van der Waals surface area contributed by atoms with Gasteiger partial charge in [0.25, 0.3) is 0 Å². The first-order valence-corrected chi connectivity index (χ1v) is 10.4. The van der Waals surface area contributed by atoms with Gasteiger partial charge in [0.15, 0.2) is 11.6 Å². The number of hydrogen-bond donors (Lipinski definition) is 0. The Kier molecular flexibility index (Phi) is 4.96. The van der Waals surface area contributed by atoms with Crippen LogP contribution in [0, 0.1) is 28.6 Å². The van der Waals surface area contributed by atoms with Crippen LogP contribution in [-0.2, 0) is 28.5 Å². The number of hydrogen-bond acceptors (Lipinski definition) is 6. The summed E-state index contributed by atoms with van der Waals surface area (Å²) in [4.78, 5) is 25.1. The van der Waals surface area contributed by atoms with E-state index in [9.17, 15) is 9.59 Å². The highest BCUT2D eigenvalue weighted by atomic mass is 16.7. The van der Waals surface area contributed by atoms with Crippen molar-refractivity contribution in [1.82, 2.24) is 0 Å². The molecule has 1 heterocycles. The van der Waals surface area contributed by atoms with Crippen molar-refractivity contribution in [3.8, 4) is 0 Å². The van der Waals surface area contributed by atoms with Gasteiger partial charge in [-0.15, -0.1) is 0 Å². The lowest BCUT2D eigenvalue weighted by molar-refractivity contribution is -0.262. The van der Waals surface area contributed by atoms with Crippen LogP contribution >= 0.6 is 0 Å². The summed E-state index contributed by atoms with van der Waals surface area (Å²) in [7, 11) is 3.02. The zero-order valence-electron chi connectivity index (χ0n) is 17.4. The van der Waals surface area contributed by atoms with E-state index < -0.39 is 11.8 Å². The second kappa shape index (κ2) is 6.92. The third kappa shape index (κ3) is 2.71. The van der Waals surface area contributed by atoms with Crippen LogP contribution in [0.2, 0.25) is 0 Å². The summed E-state index contributed by atoms with van der Waals surface area (Å²) < 4.78 is 22.7. The van der Waals surface area contributed by atoms with Gasteiger partial charge in [0.1, 0.15) is 0 Å². The zero-order chi connectivity index (χ0) is 20.2. The maximum absolute atomic E-state index is 12.9. The molecule has 4 rings (SSSR count). The number of ketones is 1. The Morgan fingerprint density at radius 3 is 2.57 bits per heavy atom.